The first-order valence-electron chi connectivity index (χ1n) is 8.79. The largest absolute Gasteiger partial charge is 0.374 e. The molecule has 1 fully saturated rings. The van der Waals surface area contributed by atoms with E-state index >= 15 is 0 Å². The number of morpholine rings is 1. The maximum absolute atomic E-state index is 5.96. The number of aromatic nitrogens is 3. The van der Waals surface area contributed by atoms with Crippen LogP contribution in [0.25, 0.3) is 5.82 Å². The van der Waals surface area contributed by atoms with Crippen LogP contribution in [0.2, 0.25) is 0 Å². The summed E-state index contributed by atoms with van der Waals surface area (Å²) in [6.45, 7) is 14.6. The van der Waals surface area contributed by atoms with Crippen molar-refractivity contribution in [1.29, 1.82) is 0 Å². The van der Waals surface area contributed by atoms with Crippen molar-refractivity contribution in [2.24, 2.45) is 0 Å². The van der Waals surface area contributed by atoms with Crippen molar-refractivity contribution in [3.05, 3.63) is 35.3 Å². The Hall–Kier alpha value is -1.59. The van der Waals surface area contributed by atoms with Crippen molar-refractivity contribution in [1.82, 2.24) is 19.2 Å². The third kappa shape index (κ3) is 3.42. The number of likely N-dealkylation sites (N-methyl/N-ethyl adjacent to an activating group) is 1. The van der Waals surface area contributed by atoms with Gasteiger partial charge in [-0.25, -0.2) is 0 Å². The normalized spacial score (nSPS) is 19.8. The van der Waals surface area contributed by atoms with Gasteiger partial charge in [0.25, 0.3) is 0 Å². The van der Waals surface area contributed by atoms with Crippen LogP contribution in [0.3, 0.4) is 0 Å². The maximum atomic E-state index is 5.96. The van der Waals surface area contributed by atoms with Gasteiger partial charge in [-0.2, -0.15) is 5.10 Å². The molecule has 0 spiro atoms. The van der Waals surface area contributed by atoms with Gasteiger partial charge in [0.1, 0.15) is 0 Å². The highest BCUT2D eigenvalue weighted by Crippen LogP contribution is 2.26. The number of rotatable bonds is 3. The van der Waals surface area contributed by atoms with Crippen molar-refractivity contribution in [3.8, 4) is 5.82 Å². The number of aryl methyl sites for hydroxylation is 2. The second kappa shape index (κ2) is 6.37. The Morgan fingerprint density at radius 2 is 1.88 bits per heavy atom. The molecule has 0 unspecified atom stereocenters. The van der Waals surface area contributed by atoms with Crippen LogP contribution in [0.1, 0.15) is 37.9 Å². The number of nitrogens with zero attached hydrogens (tertiary/aromatic N) is 4. The molecule has 3 heterocycles. The molecule has 2 aromatic rings. The van der Waals surface area contributed by atoms with Crippen molar-refractivity contribution in [2.75, 3.05) is 26.7 Å². The van der Waals surface area contributed by atoms with Crippen LogP contribution >= 0.6 is 0 Å². The molecule has 3 rings (SSSR count). The minimum Gasteiger partial charge on any atom is -0.374 e. The van der Waals surface area contributed by atoms with Gasteiger partial charge in [-0.15, -0.1) is 0 Å². The van der Waals surface area contributed by atoms with Gasteiger partial charge in [-0.1, -0.05) is 20.8 Å². The second-order valence-corrected chi connectivity index (χ2v) is 8.03. The molecule has 1 aliphatic rings. The average Bonchev–Trinajstić information content (AvgIpc) is 3.02. The second-order valence-electron chi connectivity index (χ2n) is 8.03. The van der Waals surface area contributed by atoms with Crippen molar-refractivity contribution in [2.45, 2.75) is 52.7 Å². The smallest absolute Gasteiger partial charge is 0.159 e. The number of hydrogen-bond donors (Lipinski definition) is 0. The summed E-state index contributed by atoms with van der Waals surface area (Å²) in [7, 11) is 2.15. The quantitative estimate of drug-likeness (QED) is 0.868. The van der Waals surface area contributed by atoms with Gasteiger partial charge in [0, 0.05) is 41.7 Å². The number of hydrogen-bond acceptors (Lipinski definition) is 3. The van der Waals surface area contributed by atoms with E-state index in [0.717, 1.165) is 32.1 Å². The van der Waals surface area contributed by atoms with Gasteiger partial charge in [0.05, 0.1) is 19.3 Å². The predicted octanol–water partition coefficient (Wildman–Crippen LogP) is 2.92. The van der Waals surface area contributed by atoms with E-state index in [9.17, 15) is 0 Å². The van der Waals surface area contributed by atoms with Crippen molar-refractivity contribution < 1.29 is 4.74 Å². The van der Waals surface area contributed by atoms with Gasteiger partial charge < -0.3 is 14.2 Å². The van der Waals surface area contributed by atoms with Crippen LogP contribution in [-0.4, -0.2) is 52.1 Å². The Morgan fingerprint density at radius 3 is 2.46 bits per heavy atom. The van der Waals surface area contributed by atoms with Crippen molar-refractivity contribution >= 4 is 0 Å². The molecule has 5 heteroatoms. The lowest BCUT2D eigenvalue weighted by Gasteiger charge is -2.31. The molecule has 132 valence electrons. The zero-order chi connectivity index (χ0) is 17.5. The lowest BCUT2D eigenvalue weighted by Crippen LogP contribution is -2.42. The molecule has 1 saturated heterocycles. The Balaban J connectivity index is 1.95. The standard InChI is InChI=1S/C19H30N4O/c1-14-7-8-15(2)23(14)18-11-17(19(3,4)5)22(20-18)13-16-12-21(6)9-10-24-16/h7-8,11,16H,9-10,12-13H2,1-6H3/t16-/m0/s1. The van der Waals surface area contributed by atoms with E-state index in [0.29, 0.717) is 0 Å². The van der Waals surface area contributed by atoms with Gasteiger partial charge in [-0.05, 0) is 33.0 Å². The van der Waals surface area contributed by atoms with E-state index in [2.05, 4.69) is 74.0 Å². The highest BCUT2D eigenvalue weighted by Gasteiger charge is 2.25. The van der Waals surface area contributed by atoms with Gasteiger partial charge in [0.2, 0.25) is 0 Å². The molecule has 5 nitrogen and oxygen atoms in total. The molecule has 0 aliphatic carbocycles. The summed E-state index contributed by atoms with van der Waals surface area (Å²) in [5, 5.41) is 4.94. The number of ether oxygens (including phenoxy) is 1. The highest BCUT2D eigenvalue weighted by molar-refractivity contribution is 5.34. The average molecular weight is 330 g/mol. The van der Waals surface area contributed by atoms with Gasteiger partial charge in [-0.3, -0.25) is 4.68 Å². The molecule has 0 N–H and O–H groups in total. The van der Waals surface area contributed by atoms with Crippen LogP contribution in [0.15, 0.2) is 18.2 Å². The maximum Gasteiger partial charge on any atom is 0.159 e. The van der Waals surface area contributed by atoms with Crippen LogP contribution in [0.4, 0.5) is 0 Å². The van der Waals surface area contributed by atoms with E-state index in [1.165, 1.54) is 17.1 Å². The Labute approximate surface area is 145 Å². The molecule has 2 aromatic heterocycles. The molecule has 1 atom stereocenters. The lowest BCUT2D eigenvalue weighted by molar-refractivity contribution is -0.0296. The van der Waals surface area contributed by atoms with E-state index in [1.807, 2.05) is 0 Å². The van der Waals surface area contributed by atoms with Crippen molar-refractivity contribution in [3.63, 3.8) is 0 Å². The topological polar surface area (TPSA) is 35.2 Å². The fourth-order valence-electron chi connectivity index (χ4n) is 3.46. The predicted molar refractivity (Wildman–Crippen MR) is 97.0 cm³/mol. The van der Waals surface area contributed by atoms with Crippen LogP contribution in [0, 0.1) is 13.8 Å². The molecule has 0 radical (unpaired) electrons. The molecule has 1 aliphatic heterocycles. The minimum atomic E-state index is 0.0424. The molecule has 0 saturated carbocycles. The zero-order valence-electron chi connectivity index (χ0n) is 15.8. The van der Waals surface area contributed by atoms with E-state index in [4.69, 9.17) is 9.84 Å². The summed E-state index contributed by atoms with van der Waals surface area (Å²) in [4.78, 5) is 2.33. The third-order valence-electron chi connectivity index (χ3n) is 4.75. The lowest BCUT2D eigenvalue weighted by atomic mass is 9.92. The van der Waals surface area contributed by atoms with Gasteiger partial charge in [0.15, 0.2) is 5.82 Å². The molecule has 24 heavy (non-hydrogen) atoms. The first-order chi connectivity index (χ1) is 11.3. The summed E-state index contributed by atoms with van der Waals surface area (Å²) < 4.78 is 10.3. The fourth-order valence-corrected chi connectivity index (χ4v) is 3.46. The summed E-state index contributed by atoms with van der Waals surface area (Å²) >= 11 is 0. The SMILES string of the molecule is Cc1ccc(C)n1-c1cc(C(C)(C)C)n(C[C@@H]2CN(C)CCO2)n1. The minimum absolute atomic E-state index is 0.0424. The first kappa shape index (κ1) is 17.2. The first-order valence-corrected chi connectivity index (χ1v) is 8.79. The molecular weight excluding hydrogens is 300 g/mol. The monoisotopic (exact) mass is 330 g/mol. The van der Waals surface area contributed by atoms with Crippen LogP contribution in [0.5, 0.6) is 0 Å². The Kier molecular flexibility index (Phi) is 4.58. The fraction of sp³-hybridized carbons (Fsp3) is 0.632. The van der Waals surface area contributed by atoms with E-state index in [-0.39, 0.29) is 11.5 Å². The van der Waals surface area contributed by atoms with E-state index < -0.39 is 0 Å². The summed E-state index contributed by atoms with van der Waals surface area (Å²) in [5.41, 5.74) is 3.72. The van der Waals surface area contributed by atoms with E-state index in [1.54, 1.807) is 0 Å². The summed E-state index contributed by atoms with van der Waals surface area (Å²) in [6, 6.07) is 6.52. The molecule has 0 bridgehead atoms. The Bertz CT molecular complexity index is 688. The molecule has 0 amide bonds. The summed E-state index contributed by atoms with van der Waals surface area (Å²) in [6.07, 6.45) is 0.199. The van der Waals surface area contributed by atoms with Crippen LogP contribution < -0.4 is 0 Å². The summed E-state index contributed by atoms with van der Waals surface area (Å²) in [5.74, 6) is 1.00. The van der Waals surface area contributed by atoms with Gasteiger partial charge >= 0.3 is 0 Å². The highest BCUT2D eigenvalue weighted by atomic mass is 16.5. The molecular formula is C19H30N4O. The third-order valence-corrected chi connectivity index (χ3v) is 4.75. The molecule has 0 aromatic carbocycles. The van der Waals surface area contributed by atoms with Crippen LogP contribution in [-0.2, 0) is 16.7 Å². The Morgan fingerprint density at radius 1 is 1.21 bits per heavy atom. The zero-order valence-corrected chi connectivity index (χ0v) is 15.8.